The summed E-state index contributed by atoms with van der Waals surface area (Å²) in [6.07, 6.45) is -0.416. The van der Waals surface area contributed by atoms with Crippen LogP contribution in [0.3, 0.4) is 0 Å². The van der Waals surface area contributed by atoms with Crippen molar-refractivity contribution in [2.24, 2.45) is 0 Å². The van der Waals surface area contributed by atoms with Crippen LogP contribution in [-0.2, 0) is 21.3 Å². The number of fused-ring (bicyclic) bond motifs is 2. The maximum Gasteiger partial charge on any atom is 0.256 e. The molecule has 3 aliphatic heterocycles. The first kappa shape index (κ1) is 22.8. The van der Waals surface area contributed by atoms with Crippen molar-refractivity contribution in [2.75, 3.05) is 38.4 Å². The van der Waals surface area contributed by atoms with Gasteiger partial charge in [-0.15, -0.1) is 0 Å². The molecule has 36 heavy (non-hydrogen) atoms. The number of hydrogen-bond acceptors (Lipinski definition) is 7. The van der Waals surface area contributed by atoms with Gasteiger partial charge in [0, 0.05) is 36.4 Å². The van der Waals surface area contributed by atoms with E-state index in [0.29, 0.717) is 55.6 Å². The maximum absolute atomic E-state index is 13.3. The van der Waals surface area contributed by atoms with E-state index < -0.39 is 16.2 Å². The number of morpholine rings is 1. The lowest BCUT2D eigenvalue weighted by atomic mass is 10.1. The molecule has 1 N–H and O–H groups in total. The largest absolute Gasteiger partial charge is 0.454 e. The number of ether oxygens (including phenoxy) is 3. The van der Waals surface area contributed by atoms with Crippen LogP contribution in [0.5, 0.6) is 11.5 Å². The summed E-state index contributed by atoms with van der Waals surface area (Å²) < 4.78 is 43.5. The summed E-state index contributed by atoms with van der Waals surface area (Å²) in [6, 6.07) is 19.8. The first-order chi connectivity index (χ1) is 17.5. The molecular weight excluding hydrogens is 482 g/mol. The number of nitrogens with one attached hydrogen (secondary N) is 1. The van der Waals surface area contributed by atoms with Crippen LogP contribution < -0.4 is 14.8 Å². The van der Waals surface area contributed by atoms with Crippen LogP contribution in [0.4, 0.5) is 5.69 Å². The van der Waals surface area contributed by atoms with Crippen LogP contribution in [-0.4, -0.2) is 56.6 Å². The molecule has 3 aromatic rings. The van der Waals surface area contributed by atoms with Crippen molar-refractivity contribution in [3.8, 4) is 11.5 Å². The molecule has 1 fully saturated rings. The molecule has 0 aromatic heterocycles. The molecule has 1 amide bonds. The average molecular weight is 508 g/mol. The quantitative estimate of drug-likeness (QED) is 0.547. The van der Waals surface area contributed by atoms with Crippen LogP contribution in [0.1, 0.15) is 27.7 Å². The topological polar surface area (TPSA) is 97.4 Å². The van der Waals surface area contributed by atoms with Gasteiger partial charge in [-0.1, -0.05) is 24.3 Å². The van der Waals surface area contributed by atoms with Crippen molar-refractivity contribution < 1.29 is 27.4 Å². The first-order valence-electron chi connectivity index (χ1n) is 11.7. The van der Waals surface area contributed by atoms with Gasteiger partial charge >= 0.3 is 0 Å². The van der Waals surface area contributed by atoms with Gasteiger partial charge < -0.3 is 24.4 Å². The van der Waals surface area contributed by atoms with Crippen LogP contribution in [0.25, 0.3) is 0 Å². The molecule has 6 rings (SSSR count). The van der Waals surface area contributed by atoms with E-state index >= 15 is 0 Å². The highest BCUT2D eigenvalue weighted by molar-refractivity contribution is 7.89. The molecule has 1 atom stereocenters. The number of anilines is 1. The number of hydrogen-bond donors (Lipinski definition) is 1. The zero-order valence-corrected chi connectivity index (χ0v) is 20.2. The van der Waals surface area contributed by atoms with E-state index in [-0.39, 0.29) is 17.6 Å². The average Bonchev–Trinajstić information content (AvgIpc) is 3.48. The number of nitrogens with zero attached hydrogens (tertiary/aromatic N) is 2. The van der Waals surface area contributed by atoms with Gasteiger partial charge in [0.15, 0.2) is 11.5 Å². The molecule has 9 nitrogen and oxygen atoms in total. The van der Waals surface area contributed by atoms with E-state index in [9.17, 15) is 13.2 Å². The van der Waals surface area contributed by atoms with Crippen molar-refractivity contribution in [2.45, 2.75) is 17.6 Å². The van der Waals surface area contributed by atoms with Crippen molar-refractivity contribution in [1.82, 2.24) is 9.21 Å². The second kappa shape index (κ2) is 9.12. The summed E-state index contributed by atoms with van der Waals surface area (Å²) >= 11 is 0. The van der Waals surface area contributed by atoms with E-state index in [2.05, 4.69) is 5.32 Å². The third-order valence-electron chi connectivity index (χ3n) is 6.61. The standard InChI is InChI=1S/C26H25N3O6S/c30-26-22-4-2-1-3-21(22)25(29(26)16-18-5-10-23-24(15-18)35-17-34-23)27-19-6-8-20(9-7-19)36(31,32)28-11-13-33-14-12-28/h1-10,15,25,27H,11-14,16-17H2. The SMILES string of the molecule is O=C1c2ccccc2C(Nc2ccc(S(=O)(=O)N3CCOCC3)cc2)N1Cc1ccc2c(c1)OCO2. The zero-order valence-electron chi connectivity index (χ0n) is 19.4. The molecule has 0 saturated carbocycles. The third kappa shape index (κ3) is 4.06. The number of rotatable bonds is 6. The summed E-state index contributed by atoms with van der Waals surface area (Å²) in [5, 5.41) is 3.43. The van der Waals surface area contributed by atoms with Gasteiger partial charge in [0.2, 0.25) is 16.8 Å². The van der Waals surface area contributed by atoms with Gasteiger partial charge in [0.1, 0.15) is 6.17 Å². The molecule has 3 aromatic carbocycles. The fraction of sp³-hybridized carbons (Fsp3) is 0.269. The van der Waals surface area contributed by atoms with Crippen molar-refractivity contribution >= 4 is 21.6 Å². The lowest BCUT2D eigenvalue weighted by Crippen LogP contribution is -2.40. The molecule has 1 unspecified atom stereocenters. The molecule has 186 valence electrons. The van der Waals surface area contributed by atoms with Gasteiger partial charge in [0.05, 0.1) is 18.1 Å². The summed E-state index contributed by atoms with van der Waals surface area (Å²) in [6.45, 7) is 2.04. The molecule has 1 saturated heterocycles. The monoisotopic (exact) mass is 507 g/mol. The molecule has 0 aliphatic carbocycles. The van der Waals surface area contributed by atoms with Crippen LogP contribution in [0.15, 0.2) is 71.6 Å². The minimum Gasteiger partial charge on any atom is -0.454 e. The van der Waals surface area contributed by atoms with E-state index in [1.165, 1.54) is 4.31 Å². The number of amides is 1. The smallest absolute Gasteiger partial charge is 0.256 e. The normalized spacial score (nSPS) is 19.4. The predicted octanol–water partition coefficient (Wildman–Crippen LogP) is 3.20. The molecule has 0 spiro atoms. The lowest BCUT2D eigenvalue weighted by molar-refractivity contribution is 0.0728. The first-order valence-corrected chi connectivity index (χ1v) is 13.2. The van der Waals surface area contributed by atoms with Gasteiger partial charge in [0.25, 0.3) is 5.91 Å². The Balaban J connectivity index is 1.26. The Morgan fingerprint density at radius 3 is 2.47 bits per heavy atom. The highest BCUT2D eigenvalue weighted by Crippen LogP contribution is 2.38. The Morgan fingerprint density at radius 1 is 0.917 bits per heavy atom. The molecule has 0 radical (unpaired) electrons. The number of benzene rings is 3. The molecule has 0 bridgehead atoms. The van der Waals surface area contributed by atoms with Crippen LogP contribution >= 0.6 is 0 Å². The van der Waals surface area contributed by atoms with Gasteiger partial charge in [-0.3, -0.25) is 4.79 Å². The van der Waals surface area contributed by atoms with Crippen LogP contribution in [0.2, 0.25) is 0 Å². The second-order valence-corrected chi connectivity index (χ2v) is 10.7. The molecule has 3 aliphatic rings. The van der Waals surface area contributed by atoms with Crippen molar-refractivity contribution in [3.63, 3.8) is 0 Å². The van der Waals surface area contributed by atoms with E-state index in [1.807, 2.05) is 42.5 Å². The van der Waals surface area contributed by atoms with E-state index in [0.717, 1.165) is 11.1 Å². The molecular formula is C26H25N3O6S. The highest BCUT2D eigenvalue weighted by atomic mass is 32.2. The van der Waals surface area contributed by atoms with Crippen molar-refractivity contribution in [1.29, 1.82) is 0 Å². The van der Waals surface area contributed by atoms with Gasteiger partial charge in [-0.25, -0.2) is 8.42 Å². The van der Waals surface area contributed by atoms with E-state index in [4.69, 9.17) is 14.2 Å². The van der Waals surface area contributed by atoms with Gasteiger partial charge in [-0.05, 0) is 48.0 Å². The Hall–Kier alpha value is -3.60. The minimum atomic E-state index is -3.58. The summed E-state index contributed by atoms with van der Waals surface area (Å²) in [7, 11) is -3.58. The second-order valence-electron chi connectivity index (χ2n) is 8.80. The fourth-order valence-electron chi connectivity index (χ4n) is 4.74. The predicted molar refractivity (Wildman–Crippen MR) is 131 cm³/mol. The van der Waals surface area contributed by atoms with Crippen molar-refractivity contribution in [3.05, 3.63) is 83.4 Å². The number of carbonyl (C=O) groups excluding carboxylic acids is 1. The van der Waals surface area contributed by atoms with Gasteiger partial charge in [-0.2, -0.15) is 4.31 Å². The summed E-state index contributed by atoms with van der Waals surface area (Å²) in [4.78, 5) is 15.3. The zero-order chi connectivity index (χ0) is 24.7. The molecule has 10 heteroatoms. The Morgan fingerprint density at radius 2 is 1.67 bits per heavy atom. The fourth-order valence-corrected chi connectivity index (χ4v) is 6.15. The summed E-state index contributed by atoms with van der Waals surface area (Å²) in [5.74, 6) is 1.28. The lowest BCUT2D eigenvalue weighted by Gasteiger charge is -2.28. The Bertz CT molecular complexity index is 1400. The summed E-state index contributed by atoms with van der Waals surface area (Å²) in [5.41, 5.74) is 3.13. The minimum absolute atomic E-state index is 0.0766. The Kier molecular flexibility index (Phi) is 5.79. The third-order valence-corrected chi connectivity index (χ3v) is 8.53. The molecule has 3 heterocycles. The number of sulfonamides is 1. The maximum atomic E-state index is 13.3. The van der Waals surface area contributed by atoms with Crippen LogP contribution in [0, 0.1) is 0 Å². The number of carbonyl (C=O) groups is 1. The van der Waals surface area contributed by atoms with E-state index in [1.54, 1.807) is 29.2 Å². The Labute approximate surface area is 209 Å². The highest BCUT2D eigenvalue weighted by Gasteiger charge is 2.37.